The molecule has 1 unspecified atom stereocenters. The van der Waals surface area contributed by atoms with Crippen LogP contribution in [0.5, 0.6) is 0 Å². The summed E-state index contributed by atoms with van der Waals surface area (Å²) in [5, 5.41) is 0. The number of benzene rings is 2. The summed E-state index contributed by atoms with van der Waals surface area (Å²) in [6.45, 7) is 6.00. The van der Waals surface area contributed by atoms with Gasteiger partial charge in [-0.3, -0.25) is 9.69 Å². The quantitative estimate of drug-likeness (QED) is 0.791. The first-order valence-corrected chi connectivity index (χ1v) is 9.56. The second-order valence-electron chi connectivity index (χ2n) is 7.07. The number of hydrogen-bond donors (Lipinski definition) is 0. The third-order valence-electron chi connectivity index (χ3n) is 5.50. The molecule has 4 nitrogen and oxygen atoms in total. The van der Waals surface area contributed by atoms with Crippen molar-refractivity contribution >= 4 is 11.7 Å². The lowest BCUT2D eigenvalue weighted by atomic mass is 9.96. The molecule has 136 valence electrons. The number of carbonyl (C=O) groups is 1. The van der Waals surface area contributed by atoms with Gasteiger partial charge >= 0.3 is 5.97 Å². The molecular formula is C22H26N2O2. The van der Waals surface area contributed by atoms with Gasteiger partial charge in [0.05, 0.1) is 19.1 Å². The molecule has 0 saturated carbocycles. The number of piperazine rings is 1. The number of esters is 1. The van der Waals surface area contributed by atoms with Gasteiger partial charge < -0.3 is 9.64 Å². The Bertz CT molecular complexity index is 789. The van der Waals surface area contributed by atoms with E-state index in [4.69, 9.17) is 4.74 Å². The van der Waals surface area contributed by atoms with Gasteiger partial charge in [0.1, 0.15) is 0 Å². The highest BCUT2D eigenvalue weighted by molar-refractivity contribution is 5.69. The first kappa shape index (κ1) is 17.1. The number of carbonyl (C=O) groups excluding carboxylic acids is 1. The van der Waals surface area contributed by atoms with Gasteiger partial charge in [-0.05, 0) is 36.1 Å². The lowest BCUT2D eigenvalue weighted by molar-refractivity contribution is -0.143. The summed E-state index contributed by atoms with van der Waals surface area (Å²) in [6.07, 6.45) is 1.46. The van der Waals surface area contributed by atoms with Crippen LogP contribution in [0.3, 0.4) is 0 Å². The largest absolute Gasteiger partial charge is 0.466 e. The van der Waals surface area contributed by atoms with Crippen molar-refractivity contribution in [3.63, 3.8) is 0 Å². The summed E-state index contributed by atoms with van der Waals surface area (Å²) < 4.78 is 5.09. The molecular weight excluding hydrogens is 324 g/mol. The van der Waals surface area contributed by atoms with Crippen LogP contribution >= 0.6 is 0 Å². The Balaban J connectivity index is 1.59. The van der Waals surface area contributed by atoms with Crippen molar-refractivity contribution in [2.45, 2.75) is 25.8 Å². The fourth-order valence-corrected chi connectivity index (χ4v) is 4.25. The summed E-state index contributed by atoms with van der Waals surface area (Å²) in [5.74, 6) is -0.0958. The number of hydrogen-bond acceptors (Lipinski definition) is 4. The molecule has 0 N–H and O–H groups in total. The van der Waals surface area contributed by atoms with E-state index in [1.807, 2.05) is 6.92 Å². The van der Waals surface area contributed by atoms with Gasteiger partial charge in [-0.2, -0.15) is 0 Å². The normalized spacial score (nSPS) is 19.1. The van der Waals surface area contributed by atoms with Crippen LogP contribution in [0.4, 0.5) is 5.69 Å². The maximum absolute atomic E-state index is 11.7. The van der Waals surface area contributed by atoms with E-state index in [-0.39, 0.29) is 5.97 Å². The van der Waals surface area contributed by atoms with Gasteiger partial charge in [0.25, 0.3) is 0 Å². The predicted octanol–water partition coefficient (Wildman–Crippen LogP) is 3.41. The fourth-order valence-electron chi connectivity index (χ4n) is 4.25. The van der Waals surface area contributed by atoms with Crippen molar-refractivity contribution in [3.05, 3.63) is 65.2 Å². The number of anilines is 1. The molecule has 2 aliphatic rings. The van der Waals surface area contributed by atoms with E-state index in [0.29, 0.717) is 19.1 Å². The Morgan fingerprint density at radius 2 is 1.85 bits per heavy atom. The summed E-state index contributed by atoms with van der Waals surface area (Å²) in [5.41, 5.74) is 5.60. The summed E-state index contributed by atoms with van der Waals surface area (Å²) in [7, 11) is 0. The number of ether oxygens (including phenoxy) is 1. The molecule has 26 heavy (non-hydrogen) atoms. The smallest absolute Gasteiger partial charge is 0.307 e. The van der Waals surface area contributed by atoms with Gasteiger partial charge in [0.15, 0.2) is 0 Å². The van der Waals surface area contributed by atoms with Gasteiger partial charge in [-0.15, -0.1) is 0 Å². The van der Waals surface area contributed by atoms with Crippen LogP contribution in [0.1, 0.15) is 36.1 Å². The predicted molar refractivity (Wildman–Crippen MR) is 103 cm³/mol. The highest BCUT2D eigenvalue weighted by Crippen LogP contribution is 2.39. The minimum atomic E-state index is -0.0958. The van der Waals surface area contributed by atoms with Crippen LogP contribution in [0.2, 0.25) is 0 Å². The van der Waals surface area contributed by atoms with E-state index in [9.17, 15) is 4.79 Å². The maximum Gasteiger partial charge on any atom is 0.307 e. The molecule has 0 aromatic heterocycles. The average molecular weight is 350 g/mol. The zero-order valence-electron chi connectivity index (χ0n) is 15.4. The first-order chi connectivity index (χ1) is 12.8. The van der Waals surface area contributed by atoms with Crippen molar-refractivity contribution in [1.82, 2.24) is 4.90 Å². The van der Waals surface area contributed by atoms with Crippen LogP contribution in [-0.4, -0.2) is 43.7 Å². The van der Waals surface area contributed by atoms with Gasteiger partial charge in [-0.1, -0.05) is 42.5 Å². The molecule has 1 fully saturated rings. The molecule has 1 saturated heterocycles. The van der Waals surface area contributed by atoms with E-state index in [2.05, 4.69) is 58.3 Å². The Kier molecular flexibility index (Phi) is 4.93. The highest BCUT2D eigenvalue weighted by Gasteiger charge is 2.33. The van der Waals surface area contributed by atoms with Gasteiger partial charge in [0, 0.05) is 31.9 Å². The molecule has 1 atom stereocenters. The van der Waals surface area contributed by atoms with E-state index in [0.717, 1.165) is 32.6 Å². The molecule has 2 aliphatic heterocycles. The Hall–Kier alpha value is -2.33. The highest BCUT2D eigenvalue weighted by atomic mass is 16.5. The van der Waals surface area contributed by atoms with Crippen LogP contribution in [0, 0.1) is 0 Å². The average Bonchev–Trinajstić information content (AvgIpc) is 2.81. The zero-order valence-corrected chi connectivity index (χ0v) is 15.4. The monoisotopic (exact) mass is 350 g/mol. The van der Waals surface area contributed by atoms with Crippen molar-refractivity contribution in [2.75, 3.05) is 37.7 Å². The molecule has 0 aliphatic carbocycles. The lowest BCUT2D eigenvalue weighted by Gasteiger charge is -2.43. The minimum absolute atomic E-state index is 0.0958. The fraction of sp³-hybridized carbons (Fsp3) is 0.409. The molecule has 0 bridgehead atoms. The number of para-hydroxylation sites is 1. The van der Waals surface area contributed by atoms with Crippen LogP contribution in [0.15, 0.2) is 48.5 Å². The van der Waals surface area contributed by atoms with E-state index in [1.54, 1.807) is 0 Å². The van der Waals surface area contributed by atoms with Crippen molar-refractivity contribution in [2.24, 2.45) is 0 Å². The van der Waals surface area contributed by atoms with E-state index in [1.165, 1.54) is 22.4 Å². The topological polar surface area (TPSA) is 32.8 Å². The molecule has 4 heteroatoms. The van der Waals surface area contributed by atoms with E-state index >= 15 is 0 Å². The Labute approximate surface area is 155 Å². The van der Waals surface area contributed by atoms with Crippen molar-refractivity contribution in [1.29, 1.82) is 0 Å². The number of nitrogens with zero attached hydrogens (tertiary/aromatic N) is 2. The molecule has 4 rings (SSSR count). The lowest BCUT2D eigenvalue weighted by Crippen LogP contribution is -2.49. The summed E-state index contributed by atoms with van der Waals surface area (Å²) >= 11 is 0. The Morgan fingerprint density at radius 1 is 1.08 bits per heavy atom. The summed E-state index contributed by atoms with van der Waals surface area (Å²) in [4.78, 5) is 16.7. The Morgan fingerprint density at radius 3 is 2.69 bits per heavy atom. The molecule has 0 amide bonds. The molecule has 2 heterocycles. The van der Waals surface area contributed by atoms with Crippen LogP contribution < -0.4 is 4.90 Å². The van der Waals surface area contributed by atoms with Crippen molar-refractivity contribution in [3.8, 4) is 0 Å². The second kappa shape index (κ2) is 7.50. The van der Waals surface area contributed by atoms with Gasteiger partial charge in [-0.25, -0.2) is 0 Å². The number of rotatable bonds is 4. The van der Waals surface area contributed by atoms with Gasteiger partial charge in [0.2, 0.25) is 0 Å². The first-order valence-electron chi connectivity index (χ1n) is 9.56. The van der Waals surface area contributed by atoms with Crippen LogP contribution in [-0.2, 0) is 16.0 Å². The third kappa shape index (κ3) is 3.34. The molecule has 2 aromatic carbocycles. The maximum atomic E-state index is 11.7. The summed E-state index contributed by atoms with van der Waals surface area (Å²) in [6, 6.07) is 17.9. The molecule has 0 spiro atoms. The van der Waals surface area contributed by atoms with Crippen molar-refractivity contribution < 1.29 is 9.53 Å². The minimum Gasteiger partial charge on any atom is -0.466 e. The standard InChI is InChI=1S/C22H26N2O2/c1-2-26-22(25)11-12-23-13-14-24-20-10-6-4-8-18(20)15-17-7-3-5-9-19(17)21(24)16-23/h3-10,21H,2,11-16H2,1H3. The number of fused-ring (bicyclic) bond motifs is 5. The zero-order chi connectivity index (χ0) is 17.9. The SMILES string of the molecule is CCOC(=O)CCN1CCN2c3ccccc3Cc3ccccc3C2C1. The van der Waals surface area contributed by atoms with E-state index < -0.39 is 0 Å². The second-order valence-corrected chi connectivity index (χ2v) is 7.07. The third-order valence-corrected chi connectivity index (χ3v) is 5.50. The molecule has 2 aromatic rings. The van der Waals surface area contributed by atoms with Crippen LogP contribution in [0.25, 0.3) is 0 Å². The molecule has 0 radical (unpaired) electrons.